The molecular formula is C15H28N2O2S. The van der Waals surface area contributed by atoms with Crippen LogP contribution < -0.4 is 10.6 Å². The Hall–Kier alpha value is -0.710. The van der Waals surface area contributed by atoms with Crippen molar-refractivity contribution in [3.05, 3.63) is 0 Å². The van der Waals surface area contributed by atoms with Gasteiger partial charge >= 0.3 is 0 Å². The second-order valence-corrected chi connectivity index (χ2v) is 7.92. The third-order valence-electron chi connectivity index (χ3n) is 3.78. The highest BCUT2D eigenvalue weighted by atomic mass is 32.1. The Morgan fingerprint density at radius 3 is 2.10 bits per heavy atom. The van der Waals surface area contributed by atoms with Gasteiger partial charge in [-0.2, -0.15) is 12.6 Å². The number of hydrogen-bond donors (Lipinski definition) is 3. The van der Waals surface area contributed by atoms with Gasteiger partial charge in [0.15, 0.2) is 0 Å². The van der Waals surface area contributed by atoms with Crippen LogP contribution in [0.5, 0.6) is 0 Å². The molecule has 0 heterocycles. The van der Waals surface area contributed by atoms with Gasteiger partial charge in [-0.3, -0.25) is 9.59 Å². The molecule has 0 bridgehead atoms. The largest absolute Gasteiger partial charge is 0.352 e. The van der Waals surface area contributed by atoms with E-state index in [2.05, 4.69) is 51.0 Å². The van der Waals surface area contributed by atoms with Crippen LogP contribution in [0.15, 0.2) is 0 Å². The Morgan fingerprint density at radius 1 is 1.20 bits per heavy atom. The third-order valence-corrected chi connectivity index (χ3v) is 4.14. The van der Waals surface area contributed by atoms with E-state index in [1.807, 2.05) is 0 Å². The molecule has 0 saturated heterocycles. The summed E-state index contributed by atoms with van der Waals surface area (Å²) in [4.78, 5) is 23.3. The molecule has 20 heavy (non-hydrogen) atoms. The fraction of sp³-hybridized carbons (Fsp3) is 0.867. The van der Waals surface area contributed by atoms with Crippen molar-refractivity contribution in [1.82, 2.24) is 10.6 Å². The Kier molecular flexibility index (Phi) is 5.53. The molecule has 1 atom stereocenters. The fourth-order valence-electron chi connectivity index (χ4n) is 3.69. The molecule has 116 valence electrons. The maximum atomic E-state index is 12.2. The summed E-state index contributed by atoms with van der Waals surface area (Å²) in [7, 11) is 0. The summed E-state index contributed by atoms with van der Waals surface area (Å²) in [5, 5.41) is 5.72. The minimum Gasteiger partial charge on any atom is -0.352 e. The molecule has 1 saturated carbocycles. The number of rotatable bonds is 4. The van der Waals surface area contributed by atoms with Crippen molar-refractivity contribution in [2.24, 2.45) is 10.8 Å². The number of amides is 2. The molecule has 4 nitrogen and oxygen atoms in total. The lowest BCUT2D eigenvalue weighted by Crippen LogP contribution is -2.53. The molecule has 5 heteroatoms. The first-order chi connectivity index (χ1) is 9.04. The highest BCUT2D eigenvalue weighted by Crippen LogP contribution is 2.45. The van der Waals surface area contributed by atoms with Crippen LogP contribution >= 0.6 is 12.6 Å². The lowest BCUT2D eigenvalue weighted by atomic mass is 9.63. The minimum absolute atomic E-state index is 0.131. The van der Waals surface area contributed by atoms with Gasteiger partial charge in [0.25, 0.3) is 0 Å². The molecule has 0 radical (unpaired) electrons. The van der Waals surface area contributed by atoms with Crippen molar-refractivity contribution in [2.75, 3.05) is 5.75 Å². The fourth-order valence-corrected chi connectivity index (χ4v) is 3.95. The average Bonchev–Trinajstić information content (AvgIpc) is 2.20. The smallest absolute Gasteiger partial charge is 0.243 e. The summed E-state index contributed by atoms with van der Waals surface area (Å²) in [6.45, 7) is 10.4. The van der Waals surface area contributed by atoms with Gasteiger partial charge in [-0.25, -0.2) is 0 Å². The normalized spacial score (nSPS) is 22.9. The van der Waals surface area contributed by atoms with Crippen LogP contribution in [0, 0.1) is 10.8 Å². The van der Waals surface area contributed by atoms with Crippen LogP contribution in [0.2, 0.25) is 0 Å². The van der Waals surface area contributed by atoms with E-state index in [0.717, 1.165) is 19.3 Å². The maximum Gasteiger partial charge on any atom is 0.243 e. The molecule has 0 aromatic heterocycles. The number of carbonyl (C=O) groups is 2. The highest BCUT2D eigenvalue weighted by molar-refractivity contribution is 7.80. The molecular weight excluding hydrogens is 272 g/mol. The standard InChI is InChI=1S/C15H28N2O2S/c1-10(18)16-12(8-20)13(19)17-11-6-14(2,3)9-15(4,5)7-11/h11-12,20H,6-9H2,1-5H3,(H,16,18)(H,17,19). The number of nitrogens with one attached hydrogen (secondary N) is 2. The topological polar surface area (TPSA) is 58.2 Å². The molecule has 2 N–H and O–H groups in total. The van der Waals surface area contributed by atoms with E-state index in [0.29, 0.717) is 5.75 Å². The van der Waals surface area contributed by atoms with Crippen LogP contribution in [0.3, 0.4) is 0 Å². The zero-order chi connectivity index (χ0) is 15.6. The number of thiol groups is 1. The van der Waals surface area contributed by atoms with Gasteiger partial charge in [-0.05, 0) is 30.1 Å². The van der Waals surface area contributed by atoms with Crippen molar-refractivity contribution in [2.45, 2.75) is 66.0 Å². The summed E-state index contributed by atoms with van der Waals surface area (Å²) >= 11 is 4.14. The van der Waals surface area contributed by atoms with Crippen LogP contribution in [-0.4, -0.2) is 29.7 Å². The van der Waals surface area contributed by atoms with Gasteiger partial charge in [0.1, 0.15) is 6.04 Å². The maximum absolute atomic E-state index is 12.2. The Balaban J connectivity index is 2.67. The van der Waals surface area contributed by atoms with Gasteiger partial charge in [-0.1, -0.05) is 27.7 Å². The van der Waals surface area contributed by atoms with Gasteiger partial charge in [0.2, 0.25) is 11.8 Å². The predicted molar refractivity (Wildman–Crippen MR) is 84.8 cm³/mol. The van der Waals surface area contributed by atoms with E-state index in [1.54, 1.807) is 0 Å². The lowest BCUT2D eigenvalue weighted by molar-refractivity contribution is -0.128. The quantitative estimate of drug-likeness (QED) is 0.697. The second-order valence-electron chi connectivity index (χ2n) is 7.55. The summed E-state index contributed by atoms with van der Waals surface area (Å²) in [6, 6.07) is -0.388. The Morgan fingerprint density at radius 2 is 1.70 bits per heavy atom. The summed E-state index contributed by atoms with van der Waals surface area (Å²) in [6.07, 6.45) is 3.11. The molecule has 1 fully saturated rings. The molecule has 0 spiro atoms. The SMILES string of the molecule is CC(=O)NC(CS)C(=O)NC1CC(C)(C)CC(C)(C)C1. The van der Waals surface area contributed by atoms with Crippen molar-refractivity contribution in [1.29, 1.82) is 0 Å². The van der Waals surface area contributed by atoms with Crippen molar-refractivity contribution in [3.8, 4) is 0 Å². The zero-order valence-corrected chi connectivity index (χ0v) is 14.1. The molecule has 0 aromatic carbocycles. The van der Waals surface area contributed by atoms with Gasteiger partial charge in [-0.15, -0.1) is 0 Å². The van der Waals surface area contributed by atoms with E-state index >= 15 is 0 Å². The molecule has 1 aliphatic carbocycles. The number of hydrogen-bond acceptors (Lipinski definition) is 3. The van der Waals surface area contributed by atoms with Gasteiger partial charge in [0.05, 0.1) is 0 Å². The predicted octanol–water partition coefficient (Wildman–Crippen LogP) is 2.14. The second kappa shape index (κ2) is 6.37. The van der Waals surface area contributed by atoms with Crippen LogP contribution in [0.1, 0.15) is 53.9 Å². The first-order valence-electron chi connectivity index (χ1n) is 7.23. The molecule has 0 aromatic rings. The molecule has 1 aliphatic rings. The summed E-state index contributed by atoms with van der Waals surface area (Å²) < 4.78 is 0. The van der Waals surface area contributed by atoms with Crippen LogP contribution in [0.4, 0.5) is 0 Å². The van der Waals surface area contributed by atoms with Gasteiger partial charge in [0, 0.05) is 18.7 Å². The summed E-state index contributed by atoms with van der Waals surface area (Å²) in [5.74, 6) is -0.0255. The van der Waals surface area contributed by atoms with Crippen LogP contribution in [-0.2, 0) is 9.59 Å². The van der Waals surface area contributed by atoms with E-state index in [-0.39, 0.29) is 28.7 Å². The molecule has 0 aliphatic heterocycles. The molecule has 2 amide bonds. The first-order valence-corrected chi connectivity index (χ1v) is 7.86. The van der Waals surface area contributed by atoms with Crippen molar-refractivity contribution >= 4 is 24.4 Å². The monoisotopic (exact) mass is 300 g/mol. The average molecular weight is 300 g/mol. The van der Waals surface area contributed by atoms with Gasteiger partial charge < -0.3 is 10.6 Å². The van der Waals surface area contributed by atoms with E-state index in [1.165, 1.54) is 6.92 Å². The van der Waals surface area contributed by atoms with E-state index in [4.69, 9.17) is 0 Å². The van der Waals surface area contributed by atoms with E-state index < -0.39 is 6.04 Å². The van der Waals surface area contributed by atoms with Crippen molar-refractivity contribution < 1.29 is 9.59 Å². The molecule has 1 unspecified atom stereocenters. The highest BCUT2D eigenvalue weighted by Gasteiger charge is 2.39. The molecule has 1 rings (SSSR count). The summed E-state index contributed by atoms with van der Waals surface area (Å²) in [5.41, 5.74) is 0.453. The zero-order valence-electron chi connectivity index (χ0n) is 13.2. The lowest BCUT2D eigenvalue weighted by Gasteiger charge is -2.45. The number of carbonyl (C=O) groups excluding carboxylic acids is 2. The Bertz CT molecular complexity index is 364. The third kappa shape index (κ3) is 5.35. The van der Waals surface area contributed by atoms with E-state index in [9.17, 15) is 9.59 Å². The Labute approximate surface area is 127 Å². The first kappa shape index (κ1) is 17.3. The van der Waals surface area contributed by atoms with Crippen LogP contribution in [0.25, 0.3) is 0 Å². The van der Waals surface area contributed by atoms with Crippen molar-refractivity contribution in [3.63, 3.8) is 0 Å². The minimum atomic E-state index is -0.552.